The van der Waals surface area contributed by atoms with Crippen molar-refractivity contribution in [2.24, 2.45) is 5.92 Å². The molecule has 0 amide bonds. The normalized spacial score (nSPS) is 28.7. The molecule has 60 valence electrons. The first kappa shape index (κ1) is 8.22. The summed E-state index contributed by atoms with van der Waals surface area (Å²) in [5.74, 6) is 0.167. The van der Waals surface area contributed by atoms with Crippen molar-refractivity contribution >= 4 is 5.78 Å². The Balaban J connectivity index is 2.22. The fourth-order valence-electron chi connectivity index (χ4n) is 1.24. The number of methoxy groups -OCH3 is 1. The zero-order valence-corrected chi connectivity index (χ0v) is 6.54. The Morgan fingerprint density at radius 3 is 2.82 bits per heavy atom. The number of Topliss-reactive ketones (excluding diaryl/α,β-unsaturated/α-hetero) is 1. The molecule has 0 aromatic rings. The molecule has 0 saturated heterocycles. The van der Waals surface area contributed by atoms with Gasteiger partial charge in [0.05, 0.1) is 18.6 Å². The fraction of sp³-hybridized carbons (Fsp3) is 0.750. The molecule has 1 aliphatic carbocycles. The molecule has 0 aliphatic heterocycles. The molecule has 1 saturated carbocycles. The van der Waals surface area contributed by atoms with Crippen LogP contribution in [-0.2, 0) is 9.53 Å². The van der Waals surface area contributed by atoms with E-state index in [1.165, 1.54) is 0 Å². The third-order valence-electron chi connectivity index (χ3n) is 2.14. The molecule has 1 aliphatic rings. The summed E-state index contributed by atoms with van der Waals surface area (Å²) in [5.41, 5.74) is 0. The van der Waals surface area contributed by atoms with Crippen LogP contribution in [0.2, 0.25) is 0 Å². The molecule has 0 heterocycles. The van der Waals surface area contributed by atoms with E-state index < -0.39 is 0 Å². The predicted molar refractivity (Wildman–Crippen MR) is 38.8 cm³/mol. The van der Waals surface area contributed by atoms with Crippen LogP contribution >= 0.6 is 0 Å². The highest BCUT2D eigenvalue weighted by Crippen LogP contribution is 2.30. The lowest BCUT2D eigenvalue weighted by Crippen LogP contribution is -2.35. The van der Waals surface area contributed by atoms with Crippen LogP contribution < -0.4 is 0 Å². The van der Waals surface area contributed by atoms with Gasteiger partial charge in [-0.25, -0.2) is 0 Å². The molecule has 1 rings (SSSR count). The zero-order valence-electron chi connectivity index (χ0n) is 6.54. The number of carbonyl (C=O) groups is 1. The number of rotatable bonds is 3. The zero-order chi connectivity index (χ0) is 8.27. The third-order valence-corrected chi connectivity index (χ3v) is 2.14. The van der Waals surface area contributed by atoms with Crippen molar-refractivity contribution in [2.75, 3.05) is 7.11 Å². The van der Waals surface area contributed by atoms with E-state index in [1.54, 1.807) is 7.11 Å². The molecule has 3 nitrogen and oxygen atoms in total. The number of ketones is 1. The maximum Gasteiger partial charge on any atom is 0.150 e. The highest BCUT2D eigenvalue weighted by molar-refractivity contribution is 5.83. The van der Waals surface area contributed by atoms with Crippen LogP contribution in [0.1, 0.15) is 19.3 Å². The fourth-order valence-corrected chi connectivity index (χ4v) is 1.24. The molecule has 0 atom stereocenters. The molecule has 1 fully saturated rings. The quantitative estimate of drug-likeness (QED) is 0.605. The monoisotopic (exact) mass is 153 g/mol. The first-order valence-electron chi connectivity index (χ1n) is 3.70. The van der Waals surface area contributed by atoms with Crippen molar-refractivity contribution < 1.29 is 9.53 Å². The van der Waals surface area contributed by atoms with E-state index in [9.17, 15) is 4.79 Å². The van der Waals surface area contributed by atoms with Gasteiger partial charge in [0, 0.05) is 13.0 Å². The average molecular weight is 153 g/mol. The molecule has 0 bridgehead atoms. The van der Waals surface area contributed by atoms with Gasteiger partial charge in [-0.2, -0.15) is 5.26 Å². The van der Waals surface area contributed by atoms with Crippen molar-refractivity contribution in [3.63, 3.8) is 0 Å². The van der Waals surface area contributed by atoms with Gasteiger partial charge in [0.15, 0.2) is 0 Å². The van der Waals surface area contributed by atoms with E-state index in [2.05, 4.69) is 0 Å². The maximum atomic E-state index is 11.0. The van der Waals surface area contributed by atoms with Crippen molar-refractivity contribution in [1.29, 1.82) is 5.26 Å². The van der Waals surface area contributed by atoms with E-state index >= 15 is 0 Å². The summed E-state index contributed by atoms with van der Waals surface area (Å²) in [7, 11) is 1.65. The number of nitriles is 1. The van der Waals surface area contributed by atoms with Crippen molar-refractivity contribution in [3.8, 4) is 6.07 Å². The minimum atomic E-state index is 0.0566. The lowest BCUT2D eigenvalue weighted by molar-refractivity contribution is -0.129. The number of hydrogen-bond acceptors (Lipinski definition) is 3. The number of carbonyl (C=O) groups excluding carboxylic acids is 1. The Bertz CT molecular complexity index is 189. The van der Waals surface area contributed by atoms with Gasteiger partial charge in [0.1, 0.15) is 5.78 Å². The van der Waals surface area contributed by atoms with Gasteiger partial charge < -0.3 is 4.74 Å². The van der Waals surface area contributed by atoms with Crippen molar-refractivity contribution in [1.82, 2.24) is 0 Å². The average Bonchev–Trinajstić information content (AvgIpc) is 1.86. The Morgan fingerprint density at radius 1 is 1.73 bits per heavy atom. The lowest BCUT2D eigenvalue weighted by atomic mass is 9.78. The van der Waals surface area contributed by atoms with Gasteiger partial charge in [0.25, 0.3) is 0 Å². The minimum Gasteiger partial charge on any atom is -0.381 e. The summed E-state index contributed by atoms with van der Waals surface area (Å²) in [4.78, 5) is 11.0. The first-order valence-corrected chi connectivity index (χ1v) is 3.70. The minimum absolute atomic E-state index is 0.0566. The second kappa shape index (κ2) is 3.49. The van der Waals surface area contributed by atoms with E-state index in [4.69, 9.17) is 10.00 Å². The highest BCUT2D eigenvalue weighted by Gasteiger charge is 2.33. The molecular weight excluding hydrogens is 142 g/mol. The number of hydrogen-bond donors (Lipinski definition) is 0. The smallest absolute Gasteiger partial charge is 0.150 e. The first-order chi connectivity index (χ1) is 5.27. The molecule has 0 N–H and O–H groups in total. The number of nitrogens with zero attached hydrogens (tertiary/aromatic N) is 1. The van der Waals surface area contributed by atoms with Gasteiger partial charge >= 0.3 is 0 Å². The van der Waals surface area contributed by atoms with Crippen LogP contribution in [0.4, 0.5) is 0 Å². The van der Waals surface area contributed by atoms with Crippen LogP contribution in [0, 0.1) is 17.2 Å². The molecule has 3 heteroatoms. The second-order valence-corrected chi connectivity index (χ2v) is 2.83. The molecule has 0 spiro atoms. The van der Waals surface area contributed by atoms with Crippen molar-refractivity contribution in [2.45, 2.75) is 25.4 Å². The Kier molecular flexibility index (Phi) is 2.61. The Labute approximate surface area is 66.0 Å². The van der Waals surface area contributed by atoms with E-state index in [-0.39, 0.29) is 24.2 Å². The summed E-state index contributed by atoms with van der Waals surface area (Å²) in [6, 6.07) is 1.86. The third kappa shape index (κ3) is 1.78. The summed E-state index contributed by atoms with van der Waals surface area (Å²) in [5, 5.41) is 8.23. The molecule has 0 aromatic heterocycles. The largest absolute Gasteiger partial charge is 0.381 e. The van der Waals surface area contributed by atoms with Gasteiger partial charge in [-0.3, -0.25) is 4.79 Å². The molecule has 0 aromatic carbocycles. The standard InChI is InChI=1S/C8H11NO2/c1-11-7-4-6(5-7)8(10)2-3-9/h6-7H,2,4-5H2,1H3/t6-,7+. The van der Waals surface area contributed by atoms with Gasteiger partial charge in [-0.05, 0) is 12.8 Å². The van der Waals surface area contributed by atoms with Crippen LogP contribution in [0.25, 0.3) is 0 Å². The van der Waals surface area contributed by atoms with Gasteiger partial charge in [-0.1, -0.05) is 0 Å². The summed E-state index contributed by atoms with van der Waals surface area (Å²) in [6.07, 6.45) is 1.91. The van der Waals surface area contributed by atoms with Crippen LogP contribution in [0.15, 0.2) is 0 Å². The Hall–Kier alpha value is -0.880. The van der Waals surface area contributed by atoms with Crippen molar-refractivity contribution in [3.05, 3.63) is 0 Å². The second-order valence-electron chi connectivity index (χ2n) is 2.83. The van der Waals surface area contributed by atoms with Crippen LogP contribution in [0.5, 0.6) is 0 Å². The Morgan fingerprint density at radius 2 is 2.36 bits per heavy atom. The topological polar surface area (TPSA) is 50.1 Å². The molecule has 11 heavy (non-hydrogen) atoms. The van der Waals surface area contributed by atoms with E-state index in [0.29, 0.717) is 0 Å². The molecular formula is C8H11NO2. The molecule has 0 unspecified atom stereocenters. The van der Waals surface area contributed by atoms with Crippen LogP contribution in [-0.4, -0.2) is 19.0 Å². The highest BCUT2D eigenvalue weighted by atomic mass is 16.5. The number of ether oxygens (including phenoxy) is 1. The predicted octanol–water partition coefficient (Wildman–Crippen LogP) is 0.894. The van der Waals surface area contributed by atoms with Crippen LogP contribution in [0.3, 0.4) is 0 Å². The maximum absolute atomic E-state index is 11.0. The van der Waals surface area contributed by atoms with Gasteiger partial charge in [0.2, 0.25) is 0 Å². The summed E-state index contributed by atoms with van der Waals surface area (Å²) >= 11 is 0. The summed E-state index contributed by atoms with van der Waals surface area (Å²) < 4.78 is 5.01. The summed E-state index contributed by atoms with van der Waals surface area (Å²) in [6.45, 7) is 0. The lowest BCUT2D eigenvalue weighted by Gasteiger charge is -2.32. The molecule has 0 radical (unpaired) electrons. The van der Waals surface area contributed by atoms with Gasteiger partial charge in [-0.15, -0.1) is 0 Å². The van der Waals surface area contributed by atoms with E-state index in [0.717, 1.165) is 12.8 Å². The SMILES string of the molecule is CO[C@H]1C[C@@H](C(=O)CC#N)C1. The van der Waals surface area contributed by atoms with E-state index in [1.807, 2.05) is 6.07 Å².